The number of hydrogen-bond donors (Lipinski definition) is 2. The first-order chi connectivity index (χ1) is 12.9. The number of benzene rings is 1. The summed E-state index contributed by atoms with van der Waals surface area (Å²) in [4.78, 5) is 47.2. The van der Waals surface area contributed by atoms with Gasteiger partial charge in [-0.15, -0.1) is 0 Å². The number of rotatable bonds is 7. The van der Waals surface area contributed by atoms with Gasteiger partial charge in [-0.2, -0.15) is 0 Å². The van der Waals surface area contributed by atoms with E-state index in [4.69, 9.17) is 4.74 Å². The monoisotopic (exact) mass is 371 g/mol. The third kappa shape index (κ3) is 5.81. The molecule has 0 unspecified atom stereocenters. The van der Waals surface area contributed by atoms with Crippen LogP contribution in [0.25, 0.3) is 0 Å². The number of imide groups is 1. The van der Waals surface area contributed by atoms with E-state index in [9.17, 15) is 19.2 Å². The fourth-order valence-electron chi connectivity index (χ4n) is 2.34. The van der Waals surface area contributed by atoms with E-state index in [0.29, 0.717) is 11.3 Å². The number of ether oxygens (including phenoxy) is 1. The van der Waals surface area contributed by atoms with Crippen LogP contribution in [0.1, 0.15) is 32.8 Å². The Kier molecular flexibility index (Phi) is 6.87. The lowest BCUT2D eigenvalue weighted by Gasteiger charge is -2.08. The zero-order valence-electron chi connectivity index (χ0n) is 15.2. The van der Waals surface area contributed by atoms with E-state index < -0.39 is 24.4 Å². The molecular weight excluding hydrogens is 350 g/mol. The fraction of sp³-hybridized carbons (Fsp3) is 0.263. The third-order valence-electron chi connectivity index (χ3n) is 3.80. The number of nitrogens with one attached hydrogen (secondary N) is 2. The molecule has 0 spiro atoms. The standard InChI is InChI=1S/C19H21N3O5/c1-13-6-3-4-7-14(13)18(25)20-10-9-17(24)27-12-16(23)21-19(26)15-8-5-11-22(15)2/h3-8,11H,9-10,12H2,1-2H3,(H,20,25)(H,21,23,26). The Labute approximate surface area is 156 Å². The van der Waals surface area contributed by atoms with Gasteiger partial charge in [-0.25, -0.2) is 0 Å². The van der Waals surface area contributed by atoms with E-state index in [1.165, 1.54) is 0 Å². The van der Waals surface area contributed by atoms with Crippen molar-refractivity contribution in [2.24, 2.45) is 7.05 Å². The van der Waals surface area contributed by atoms with Crippen LogP contribution in [0.5, 0.6) is 0 Å². The number of amides is 3. The summed E-state index contributed by atoms with van der Waals surface area (Å²) in [6, 6.07) is 10.3. The van der Waals surface area contributed by atoms with Crippen molar-refractivity contribution in [3.8, 4) is 0 Å². The zero-order chi connectivity index (χ0) is 19.8. The molecule has 2 aromatic rings. The molecule has 0 aliphatic heterocycles. The molecule has 1 aromatic heterocycles. The van der Waals surface area contributed by atoms with Gasteiger partial charge in [0.15, 0.2) is 6.61 Å². The molecule has 0 saturated carbocycles. The molecule has 2 rings (SSSR count). The van der Waals surface area contributed by atoms with Crippen LogP contribution in [0, 0.1) is 6.92 Å². The molecule has 0 saturated heterocycles. The van der Waals surface area contributed by atoms with Crippen LogP contribution in [0.15, 0.2) is 42.6 Å². The maximum absolute atomic E-state index is 12.0. The van der Waals surface area contributed by atoms with Gasteiger partial charge in [0.1, 0.15) is 5.69 Å². The van der Waals surface area contributed by atoms with Gasteiger partial charge in [-0.1, -0.05) is 18.2 Å². The van der Waals surface area contributed by atoms with Crippen molar-refractivity contribution in [2.75, 3.05) is 13.2 Å². The Morgan fingerprint density at radius 3 is 2.44 bits per heavy atom. The Hall–Kier alpha value is -3.42. The average Bonchev–Trinajstić information content (AvgIpc) is 3.06. The number of aryl methyl sites for hydroxylation is 2. The second kappa shape index (κ2) is 9.33. The Bertz CT molecular complexity index is 857. The van der Waals surface area contributed by atoms with Crippen LogP contribution in [-0.4, -0.2) is 41.4 Å². The third-order valence-corrected chi connectivity index (χ3v) is 3.80. The van der Waals surface area contributed by atoms with Gasteiger partial charge in [0.05, 0.1) is 6.42 Å². The largest absolute Gasteiger partial charge is 0.456 e. The van der Waals surface area contributed by atoms with Gasteiger partial charge in [0.2, 0.25) is 0 Å². The number of nitrogens with zero attached hydrogens (tertiary/aromatic N) is 1. The molecule has 0 aliphatic carbocycles. The first-order valence-electron chi connectivity index (χ1n) is 8.33. The van der Waals surface area contributed by atoms with Crippen molar-refractivity contribution in [2.45, 2.75) is 13.3 Å². The van der Waals surface area contributed by atoms with Crippen LogP contribution >= 0.6 is 0 Å². The van der Waals surface area contributed by atoms with Crippen LogP contribution in [0.4, 0.5) is 0 Å². The molecule has 0 bridgehead atoms. The van der Waals surface area contributed by atoms with Crippen molar-refractivity contribution in [1.29, 1.82) is 0 Å². The Morgan fingerprint density at radius 1 is 1.04 bits per heavy atom. The SMILES string of the molecule is Cc1ccccc1C(=O)NCCC(=O)OCC(=O)NC(=O)c1cccn1C. The minimum absolute atomic E-state index is 0.0793. The van der Waals surface area contributed by atoms with Crippen molar-refractivity contribution in [3.63, 3.8) is 0 Å². The van der Waals surface area contributed by atoms with Crippen molar-refractivity contribution < 1.29 is 23.9 Å². The van der Waals surface area contributed by atoms with E-state index in [0.717, 1.165) is 5.56 Å². The van der Waals surface area contributed by atoms with Gasteiger partial charge in [-0.3, -0.25) is 24.5 Å². The van der Waals surface area contributed by atoms with Crippen molar-refractivity contribution in [1.82, 2.24) is 15.2 Å². The molecule has 8 heteroatoms. The summed E-state index contributed by atoms with van der Waals surface area (Å²) in [5.41, 5.74) is 1.68. The highest BCUT2D eigenvalue weighted by molar-refractivity contribution is 6.04. The van der Waals surface area contributed by atoms with Crippen LogP contribution < -0.4 is 10.6 Å². The second-order valence-electron chi connectivity index (χ2n) is 5.86. The number of esters is 1. The summed E-state index contributed by atoms with van der Waals surface area (Å²) in [6.45, 7) is 1.33. The van der Waals surface area contributed by atoms with E-state index in [1.54, 1.807) is 42.1 Å². The molecule has 2 N–H and O–H groups in total. The zero-order valence-corrected chi connectivity index (χ0v) is 15.2. The highest BCUT2D eigenvalue weighted by Gasteiger charge is 2.15. The lowest BCUT2D eigenvalue weighted by Crippen LogP contribution is -2.35. The van der Waals surface area contributed by atoms with Gasteiger partial charge in [0.25, 0.3) is 17.7 Å². The number of aromatic nitrogens is 1. The minimum atomic E-state index is -0.724. The number of hydrogen-bond acceptors (Lipinski definition) is 5. The molecule has 8 nitrogen and oxygen atoms in total. The maximum Gasteiger partial charge on any atom is 0.308 e. The van der Waals surface area contributed by atoms with Crippen molar-refractivity contribution >= 4 is 23.7 Å². The summed E-state index contributed by atoms with van der Waals surface area (Å²) in [6.07, 6.45) is 1.58. The quantitative estimate of drug-likeness (QED) is 0.705. The van der Waals surface area contributed by atoms with Crippen LogP contribution in [0.3, 0.4) is 0 Å². The maximum atomic E-state index is 12.0. The number of carbonyl (C=O) groups excluding carboxylic acids is 4. The van der Waals surface area contributed by atoms with E-state index in [-0.39, 0.29) is 18.9 Å². The average molecular weight is 371 g/mol. The van der Waals surface area contributed by atoms with E-state index in [1.807, 2.05) is 19.1 Å². The Morgan fingerprint density at radius 2 is 1.78 bits per heavy atom. The predicted molar refractivity (Wildman–Crippen MR) is 97.0 cm³/mol. The first kappa shape index (κ1) is 19.9. The van der Waals surface area contributed by atoms with Gasteiger partial charge in [0, 0.05) is 25.4 Å². The molecule has 1 aromatic carbocycles. The van der Waals surface area contributed by atoms with Crippen LogP contribution in [-0.2, 0) is 21.4 Å². The molecule has 0 radical (unpaired) electrons. The summed E-state index contributed by atoms with van der Waals surface area (Å²) in [5.74, 6) is -2.24. The lowest BCUT2D eigenvalue weighted by molar-refractivity contribution is -0.148. The second-order valence-corrected chi connectivity index (χ2v) is 5.86. The first-order valence-corrected chi connectivity index (χ1v) is 8.33. The van der Waals surface area contributed by atoms with E-state index in [2.05, 4.69) is 10.6 Å². The van der Waals surface area contributed by atoms with Gasteiger partial charge >= 0.3 is 5.97 Å². The van der Waals surface area contributed by atoms with Crippen LogP contribution in [0.2, 0.25) is 0 Å². The summed E-state index contributed by atoms with van der Waals surface area (Å²) >= 11 is 0. The molecule has 0 fully saturated rings. The fourth-order valence-corrected chi connectivity index (χ4v) is 2.34. The lowest BCUT2D eigenvalue weighted by atomic mass is 10.1. The molecule has 27 heavy (non-hydrogen) atoms. The molecule has 1 heterocycles. The molecular formula is C19H21N3O5. The molecule has 142 valence electrons. The summed E-state index contributed by atoms with van der Waals surface area (Å²) < 4.78 is 6.36. The van der Waals surface area contributed by atoms with Gasteiger partial charge in [-0.05, 0) is 30.7 Å². The molecule has 3 amide bonds. The Balaban J connectivity index is 1.68. The highest BCUT2D eigenvalue weighted by Crippen LogP contribution is 2.06. The minimum Gasteiger partial charge on any atom is -0.456 e. The molecule has 0 aliphatic rings. The predicted octanol–water partition coefficient (Wildman–Crippen LogP) is 0.953. The highest BCUT2D eigenvalue weighted by atomic mass is 16.5. The van der Waals surface area contributed by atoms with Crippen molar-refractivity contribution in [3.05, 3.63) is 59.4 Å². The summed E-state index contributed by atoms with van der Waals surface area (Å²) in [7, 11) is 1.67. The normalized spacial score (nSPS) is 10.1. The van der Waals surface area contributed by atoms with Gasteiger partial charge < -0.3 is 14.6 Å². The molecule has 0 atom stereocenters. The number of carbonyl (C=O) groups is 4. The topological polar surface area (TPSA) is 106 Å². The summed E-state index contributed by atoms with van der Waals surface area (Å²) in [5, 5.41) is 4.75. The smallest absolute Gasteiger partial charge is 0.308 e. The van der Waals surface area contributed by atoms with E-state index >= 15 is 0 Å².